The second-order valence-corrected chi connectivity index (χ2v) is 4.53. The summed E-state index contributed by atoms with van der Waals surface area (Å²) in [6.45, 7) is 2.54. The lowest BCUT2D eigenvalue weighted by Crippen LogP contribution is -2.34. The van der Waals surface area contributed by atoms with E-state index < -0.39 is 0 Å². The third-order valence-corrected chi connectivity index (χ3v) is 3.20. The summed E-state index contributed by atoms with van der Waals surface area (Å²) in [5, 5.41) is 3.01. The van der Waals surface area contributed by atoms with Crippen molar-refractivity contribution in [1.82, 2.24) is 5.32 Å². The van der Waals surface area contributed by atoms with Gasteiger partial charge in [-0.15, -0.1) is 0 Å². The quantitative estimate of drug-likeness (QED) is 0.804. The second-order valence-electron chi connectivity index (χ2n) is 4.53. The Labute approximate surface area is 96.0 Å². The van der Waals surface area contributed by atoms with Crippen LogP contribution in [0.1, 0.15) is 24.9 Å². The van der Waals surface area contributed by atoms with Gasteiger partial charge in [-0.3, -0.25) is 4.79 Å². The zero-order chi connectivity index (χ0) is 11.5. The first-order valence-electron chi connectivity index (χ1n) is 5.77. The number of carbonyl (C=O) groups is 1. The number of carbonyl (C=O) groups excluding carboxylic acids is 1. The zero-order valence-corrected chi connectivity index (χ0v) is 9.52. The smallest absolute Gasteiger partial charge is 0.223 e. The summed E-state index contributed by atoms with van der Waals surface area (Å²) >= 11 is 0. The first-order valence-corrected chi connectivity index (χ1v) is 5.77. The van der Waals surface area contributed by atoms with Crippen molar-refractivity contribution >= 4 is 5.91 Å². The Kier molecular flexibility index (Phi) is 3.25. The lowest BCUT2D eigenvalue weighted by molar-refractivity contribution is -0.123. The molecule has 1 aromatic rings. The summed E-state index contributed by atoms with van der Waals surface area (Å²) in [5.41, 5.74) is 6.77. The van der Waals surface area contributed by atoms with E-state index in [2.05, 4.69) is 12.2 Å². The second kappa shape index (κ2) is 4.66. The Balaban J connectivity index is 1.98. The molecule has 1 aromatic carbocycles. The standard InChI is InChI=1S/C13H18N2O/c1-9-7-11(9)13(16)15-12(8-14)10-5-3-2-4-6-10/h2-6,9,11-12H,7-8,14H2,1H3,(H,15,16). The van der Waals surface area contributed by atoms with Gasteiger partial charge in [-0.25, -0.2) is 0 Å². The average Bonchev–Trinajstić information content (AvgIpc) is 3.04. The summed E-state index contributed by atoms with van der Waals surface area (Å²) in [6.07, 6.45) is 1.01. The van der Waals surface area contributed by atoms with Gasteiger partial charge in [0.25, 0.3) is 0 Å². The van der Waals surface area contributed by atoms with Gasteiger partial charge in [-0.05, 0) is 17.9 Å². The largest absolute Gasteiger partial charge is 0.348 e. The fourth-order valence-electron chi connectivity index (χ4n) is 1.93. The Bertz CT molecular complexity index is 363. The summed E-state index contributed by atoms with van der Waals surface area (Å²) in [5.74, 6) is 0.888. The zero-order valence-electron chi connectivity index (χ0n) is 9.52. The van der Waals surface area contributed by atoms with Gasteiger partial charge in [0.15, 0.2) is 0 Å². The van der Waals surface area contributed by atoms with Crippen LogP contribution in [0.5, 0.6) is 0 Å². The predicted molar refractivity (Wildman–Crippen MR) is 63.7 cm³/mol. The van der Waals surface area contributed by atoms with Crippen molar-refractivity contribution in [3.8, 4) is 0 Å². The Morgan fingerprint density at radius 1 is 1.50 bits per heavy atom. The summed E-state index contributed by atoms with van der Waals surface area (Å²) in [6, 6.07) is 9.82. The monoisotopic (exact) mass is 218 g/mol. The fraction of sp³-hybridized carbons (Fsp3) is 0.462. The van der Waals surface area contributed by atoms with Crippen molar-refractivity contribution in [2.75, 3.05) is 6.54 Å². The van der Waals surface area contributed by atoms with Crippen LogP contribution in [-0.2, 0) is 4.79 Å². The number of hydrogen-bond acceptors (Lipinski definition) is 2. The molecule has 3 N–H and O–H groups in total. The van der Waals surface area contributed by atoms with E-state index in [-0.39, 0.29) is 17.9 Å². The van der Waals surface area contributed by atoms with Crippen molar-refractivity contribution in [3.63, 3.8) is 0 Å². The van der Waals surface area contributed by atoms with Crippen LogP contribution < -0.4 is 11.1 Å². The van der Waals surface area contributed by atoms with Crippen molar-refractivity contribution in [1.29, 1.82) is 0 Å². The lowest BCUT2D eigenvalue weighted by atomic mass is 10.1. The maximum absolute atomic E-state index is 11.8. The van der Waals surface area contributed by atoms with Gasteiger partial charge in [0.05, 0.1) is 6.04 Å². The summed E-state index contributed by atoms with van der Waals surface area (Å²) in [4.78, 5) is 11.8. The fourth-order valence-corrected chi connectivity index (χ4v) is 1.93. The molecule has 3 unspecified atom stereocenters. The molecule has 0 aromatic heterocycles. The normalized spacial score (nSPS) is 24.9. The first-order chi connectivity index (χ1) is 7.72. The van der Waals surface area contributed by atoms with E-state index in [0.29, 0.717) is 12.5 Å². The van der Waals surface area contributed by atoms with Gasteiger partial charge in [0.2, 0.25) is 5.91 Å². The Morgan fingerprint density at radius 3 is 2.62 bits per heavy atom. The highest BCUT2D eigenvalue weighted by molar-refractivity contribution is 5.81. The van der Waals surface area contributed by atoms with Crippen LogP contribution in [0.2, 0.25) is 0 Å². The number of hydrogen-bond donors (Lipinski definition) is 2. The van der Waals surface area contributed by atoms with Crippen molar-refractivity contribution in [2.45, 2.75) is 19.4 Å². The molecular weight excluding hydrogens is 200 g/mol. The van der Waals surface area contributed by atoms with Crippen LogP contribution in [0.3, 0.4) is 0 Å². The lowest BCUT2D eigenvalue weighted by Gasteiger charge is -2.17. The topological polar surface area (TPSA) is 55.1 Å². The van der Waals surface area contributed by atoms with Crippen LogP contribution in [0.25, 0.3) is 0 Å². The Morgan fingerprint density at radius 2 is 2.12 bits per heavy atom. The summed E-state index contributed by atoms with van der Waals surface area (Å²) in [7, 11) is 0. The first kappa shape index (κ1) is 11.1. The molecule has 1 aliphatic carbocycles. The molecule has 3 atom stereocenters. The van der Waals surface area contributed by atoms with E-state index in [1.54, 1.807) is 0 Å². The number of rotatable bonds is 4. The van der Waals surface area contributed by atoms with Crippen LogP contribution >= 0.6 is 0 Å². The highest BCUT2D eigenvalue weighted by Crippen LogP contribution is 2.38. The highest BCUT2D eigenvalue weighted by atomic mass is 16.2. The molecular formula is C13H18N2O. The molecule has 0 bridgehead atoms. The van der Waals surface area contributed by atoms with Gasteiger partial charge in [-0.1, -0.05) is 37.3 Å². The molecule has 16 heavy (non-hydrogen) atoms. The van der Waals surface area contributed by atoms with Gasteiger partial charge in [-0.2, -0.15) is 0 Å². The minimum absolute atomic E-state index is 0.0542. The molecule has 1 amide bonds. The predicted octanol–water partition coefficient (Wildman–Crippen LogP) is 1.46. The molecule has 1 saturated carbocycles. The van der Waals surface area contributed by atoms with Crippen LogP contribution in [0, 0.1) is 11.8 Å². The van der Waals surface area contributed by atoms with Crippen molar-refractivity contribution in [3.05, 3.63) is 35.9 Å². The molecule has 0 saturated heterocycles. The highest BCUT2D eigenvalue weighted by Gasteiger charge is 2.39. The van der Waals surface area contributed by atoms with E-state index in [4.69, 9.17) is 5.73 Å². The maximum Gasteiger partial charge on any atom is 0.223 e. The molecule has 0 aliphatic heterocycles. The minimum Gasteiger partial charge on any atom is -0.348 e. The van der Waals surface area contributed by atoms with E-state index in [1.165, 1.54) is 0 Å². The molecule has 1 fully saturated rings. The van der Waals surface area contributed by atoms with E-state index >= 15 is 0 Å². The van der Waals surface area contributed by atoms with Gasteiger partial charge >= 0.3 is 0 Å². The number of nitrogens with two attached hydrogens (primary N) is 1. The summed E-state index contributed by atoms with van der Waals surface area (Å²) < 4.78 is 0. The molecule has 2 rings (SSSR count). The number of benzene rings is 1. The van der Waals surface area contributed by atoms with Crippen LogP contribution in [-0.4, -0.2) is 12.5 Å². The molecule has 3 nitrogen and oxygen atoms in total. The third kappa shape index (κ3) is 2.42. The minimum atomic E-state index is -0.0542. The molecule has 3 heteroatoms. The average molecular weight is 218 g/mol. The van der Waals surface area contributed by atoms with Crippen molar-refractivity contribution < 1.29 is 4.79 Å². The van der Waals surface area contributed by atoms with Crippen LogP contribution in [0.15, 0.2) is 30.3 Å². The van der Waals surface area contributed by atoms with Gasteiger partial charge in [0.1, 0.15) is 0 Å². The SMILES string of the molecule is CC1CC1C(=O)NC(CN)c1ccccc1. The molecule has 86 valence electrons. The van der Waals surface area contributed by atoms with Crippen molar-refractivity contribution in [2.24, 2.45) is 17.6 Å². The van der Waals surface area contributed by atoms with Gasteiger partial charge < -0.3 is 11.1 Å². The van der Waals surface area contributed by atoms with E-state index in [1.807, 2.05) is 30.3 Å². The number of nitrogens with one attached hydrogen (secondary N) is 1. The molecule has 0 heterocycles. The molecule has 0 radical (unpaired) electrons. The maximum atomic E-state index is 11.8. The van der Waals surface area contributed by atoms with E-state index in [9.17, 15) is 4.79 Å². The third-order valence-electron chi connectivity index (χ3n) is 3.20. The molecule has 1 aliphatic rings. The van der Waals surface area contributed by atoms with E-state index in [0.717, 1.165) is 12.0 Å². The van der Waals surface area contributed by atoms with Gasteiger partial charge in [0, 0.05) is 12.5 Å². The molecule has 0 spiro atoms. The Hall–Kier alpha value is -1.35. The number of amides is 1. The van der Waals surface area contributed by atoms with Crippen LogP contribution in [0.4, 0.5) is 0 Å².